The van der Waals surface area contributed by atoms with Crippen molar-refractivity contribution in [2.24, 2.45) is 0 Å². The number of ether oxygens (including phenoxy) is 1. The molecule has 0 aliphatic rings. The normalized spacial score (nSPS) is 12.0. The zero-order chi connectivity index (χ0) is 15.9. The Morgan fingerprint density at radius 1 is 1.14 bits per heavy atom. The first kappa shape index (κ1) is 15.4. The maximum absolute atomic E-state index is 11.8. The van der Waals surface area contributed by atoms with Crippen molar-refractivity contribution in [2.75, 3.05) is 0 Å². The highest BCUT2D eigenvalue weighted by Crippen LogP contribution is 2.17. The van der Waals surface area contributed by atoms with Gasteiger partial charge in [-0.3, -0.25) is 10.1 Å². The zero-order valence-corrected chi connectivity index (χ0v) is 12.0. The molecular weight excluding hydrogens is 282 g/mol. The van der Waals surface area contributed by atoms with Crippen LogP contribution in [-0.2, 0) is 9.53 Å². The van der Waals surface area contributed by atoms with Crippen molar-refractivity contribution in [3.63, 3.8) is 0 Å². The minimum absolute atomic E-state index is 0.0115. The van der Waals surface area contributed by atoms with Crippen LogP contribution in [0.25, 0.3) is 6.08 Å². The molecule has 0 bridgehead atoms. The van der Waals surface area contributed by atoms with Crippen LogP contribution in [0.5, 0.6) is 0 Å². The molecule has 112 valence electrons. The lowest BCUT2D eigenvalue weighted by Gasteiger charge is -2.11. The molecule has 0 aliphatic carbocycles. The third-order valence-corrected chi connectivity index (χ3v) is 3.08. The largest absolute Gasteiger partial charge is 0.455 e. The highest BCUT2D eigenvalue weighted by atomic mass is 16.6. The summed E-state index contributed by atoms with van der Waals surface area (Å²) in [5, 5.41) is 10.5. The van der Waals surface area contributed by atoms with Gasteiger partial charge in [0.05, 0.1) is 4.92 Å². The van der Waals surface area contributed by atoms with Gasteiger partial charge in [-0.15, -0.1) is 0 Å². The van der Waals surface area contributed by atoms with Crippen molar-refractivity contribution >= 4 is 17.7 Å². The smallest absolute Gasteiger partial charge is 0.331 e. The van der Waals surface area contributed by atoms with E-state index in [0.29, 0.717) is 5.56 Å². The molecule has 5 heteroatoms. The number of benzene rings is 2. The standard InChI is InChI=1S/C17H15NO4/c1-13(15-5-3-2-4-6-15)22-17(19)12-9-14-7-10-16(11-8-14)18(20)21/h2-13H,1H3/b12-9+/t13-/m1/s1. The second-order valence-electron chi connectivity index (χ2n) is 4.67. The third kappa shape index (κ3) is 4.28. The number of non-ortho nitro benzene ring substituents is 1. The van der Waals surface area contributed by atoms with Crippen LogP contribution in [0.3, 0.4) is 0 Å². The van der Waals surface area contributed by atoms with E-state index in [9.17, 15) is 14.9 Å². The third-order valence-electron chi connectivity index (χ3n) is 3.08. The number of hydrogen-bond acceptors (Lipinski definition) is 4. The molecule has 2 rings (SSSR count). The van der Waals surface area contributed by atoms with Gasteiger partial charge >= 0.3 is 5.97 Å². The van der Waals surface area contributed by atoms with Gasteiger partial charge in [-0.1, -0.05) is 30.3 Å². The van der Waals surface area contributed by atoms with Gasteiger partial charge in [-0.25, -0.2) is 4.79 Å². The second-order valence-corrected chi connectivity index (χ2v) is 4.67. The van der Waals surface area contributed by atoms with E-state index in [1.54, 1.807) is 25.1 Å². The average molecular weight is 297 g/mol. The van der Waals surface area contributed by atoms with E-state index in [0.717, 1.165) is 5.56 Å². The molecule has 0 aromatic heterocycles. The first-order valence-electron chi connectivity index (χ1n) is 6.74. The van der Waals surface area contributed by atoms with E-state index < -0.39 is 10.9 Å². The Labute approximate surface area is 128 Å². The quantitative estimate of drug-likeness (QED) is 0.363. The first-order chi connectivity index (χ1) is 10.6. The van der Waals surface area contributed by atoms with Crippen molar-refractivity contribution in [1.82, 2.24) is 0 Å². The van der Waals surface area contributed by atoms with Crippen LogP contribution in [-0.4, -0.2) is 10.9 Å². The van der Waals surface area contributed by atoms with Gasteiger partial charge in [0, 0.05) is 18.2 Å². The maximum atomic E-state index is 11.8. The van der Waals surface area contributed by atoms with Crippen molar-refractivity contribution in [1.29, 1.82) is 0 Å². The molecular formula is C17H15NO4. The molecule has 2 aromatic carbocycles. The molecule has 0 aliphatic heterocycles. The van der Waals surface area contributed by atoms with E-state index in [1.807, 2.05) is 30.3 Å². The Bertz CT molecular complexity index is 678. The Balaban J connectivity index is 1.95. The second kappa shape index (κ2) is 7.17. The predicted molar refractivity (Wildman–Crippen MR) is 83.1 cm³/mol. The Kier molecular flexibility index (Phi) is 5.03. The topological polar surface area (TPSA) is 69.4 Å². The minimum atomic E-state index is -0.469. The molecule has 5 nitrogen and oxygen atoms in total. The van der Waals surface area contributed by atoms with Crippen molar-refractivity contribution in [3.8, 4) is 0 Å². The fraction of sp³-hybridized carbons (Fsp3) is 0.118. The molecule has 0 fully saturated rings. The summed E-state index contributed by atoms with van der Waals surface area (Å²) >= 11 is 0. The van der Waals surface area contributed by atoms with Crippen LogP contribution in [0.4, 0.5) is 5.69 Å². The van der Waals surface area contributed by atoms with Crippen LogP contribution < -0.4 is 0 Å². The van der Waals surface area contributed by atoms with E-state index in [4.69, 9.17) is 4.74 Å². The molecule has 0 amide bonds. The molecule has 22 heavy (non-hydrogen) atoms. The molecule has 0 heterocycles. The van der Waals surface area contributed by atoms with Gasteiger partial charge in [-0.2, -0.15) is 0 Å². The summed E-state index contributed by atoms with van der Waals surface area (Å²) in [4.78, 5) is 21.8. The molecule has 0 spiro atoms. The van der Waals surface area contributed by atoms with Crippen molar-refractivity contribution < 1.29 is 14.5 Å². The zero-order valence-electron chi connectivity index (χ0n) is 12.0. The summed E-state index contributed by atoms with van der Waals surface area (Å²) in [5.41, 5.74) is 1.62. The molecule has 1 atom stereocenters. The van der Waals surface area contributed by atoms with E-state index in [1.165, 1.54) is 18.2 Å². The fourth-order valence-corrected chi connectivity index (χ4v) is 1.88. The van der Waals surface area contributed by atoms with Crippen molar-refractivity contribution in [3.05, 3.63) is 81.9 Å². The summed E-state index contributed by atoms with van der Waals surface area (Å²) in [6, 6.07) is 15.3. The Morgan fingerprint density at radius 2 is 1.77 bits per heavy atom. The molecule has 2 aromatic rings. The highest BCUT2D eigenvalue weighted by molar-refractivity contribution is 5.87. The molecule has 0 unspecified atom stereocenters. The number of nitro benzene ring substituents is 1. The fourth-order valence-electron chi connectivity index (χ4n) is 1.88. The monoisotopic (exact) mass is 297 g/mol. The van der Waals surface area contributed by atoms with Crippen molar-refractivity contribution in [2.45, 2.75) is 13.0 Å². The molecule has 0 saturated heterocycles. The van der Waals surface area contributed by atoms with Gasteiger partial charge in [-0.05, 0) is 36.3 Å². The van der Waals surface area contributed by atoms with Crippen LogP contribution in [0.15, 0.2) is 60.7 Å². The lowest BCUT2D eigenvalue weighted by atomic mass is 10.1. The van der Waals surface area contributed by atoms with Gasteiger partial charge < -0.3 is 4.74 Å². The molecule has 0 N–H and O–H groups in total. The highest BCUT2D eigenvalue weighted by Gasteiger charge is 2.09. The predicted octanol–water partition coefficient (Wildman–Crippen LogP) is 3.91. The lowest BCUT2D eigenvalue weighted by molar-refractivity contribution is -0.384. The summed E-state index contributed by atoms with van der Waals surface area (Å²) in [6.07, 6.45) is 2.53. The number of hydrogen-bond donors (Lipinski definition) is 0. The summed E-state index contributed by atoms with van der Waals surface area (Å²) in [7, 11) is 0. The summed E-state index contributed by atoms with van der Waals surface area (Å²) < 4.78 is 5.29. The van der Waals surface area contributed by atoms with Crippen LogP contribution in [0.2, 0.25) is 0 Å². The molecule has 0 radical (unpaired) electrons. The minimum Gasteiger partial charge on any atom is -0.455 e. The summed E-state index contributed by atoms with van der Waals surface area (Å²) in [6.45, 7) is 1.80. The number of carbonyl (C=O) groups excluding carboxylic acids is 1. The number of nitrogens with zero attached hydrogens (tertiary/aromatic N) is 1. The average Bonchev–Trinajstić information content (AvgIpc) is 2.54. The lowest BCUT2D eigenvalue weighted by Crippen LogP contribution is -2.05. The van der Waals surface area contributed by atoms with Crippen LogP contribution in [0, 0.1) is 10.1 Å². The number of nitro groups is 1. The van der Waals surface area contributed by atoms with E-state index in [2.05, 4.69) is 0 Å². The maximum Gasteiger partial charge on any atom is 0.331 e. The number of esters is 1. The van der Waals surface area contributed by atoms with Gasteiger partial charge in [0.15, 0.2) is 0 Å². The summed E-state index contributed by atoms with van der Waals surface area (Å²) in [5.74, 6) is -0.463. The Hall–Kier alpha value is -2.95. The molecule has 0 saturated carbocycles. The van der Waals surface area contributed by atoms with Gasteiger partial charge in [0.1, 0.15) is 6.10 Å². The van der Waals surface area contributed by atoms with Crippen LogP contribution in [0.1, 0.15) is 24.2 Å². The Morgan fingerprint density at radius 3 is 2.36 bits per heavy atom. The first-order valence-corrected chi connectivity index (χ1v) is 6.74. The van der Waals surface area contributed by atoms with Gasteiger partial charge in [0.25, 0.3) is 5.69 Å². The van der Waals surface area contributed by atoms with Crippen LogP contribution >= 0.6 is 0 Å². The number of carbonyl (C=O) groups is 1. The number of rotatable bonds is 5. The SMILES string of the molecule is C[C@@H](OC(=O)/C=C/c1ccc([N+](=O)[O-])cc1)c1ccccc1. The van der Waals surface area contributed by atoms with E-state index >= 15 is 0 Å². The van der Waals surface area contributed by atoms with Gasteiger partial charge in [0.2, 0.25) is 0 Å². The van der Waals surface area contributed by atoms with E-state index in [-0.39, 0.29) is 11.8 Å².